The number of aryl methyl sites for hydroxylation is 2. The van der Waals surface area contributed by atoms with Crippen molar-refractivity contribution in [1.29, 1.82) is 0 Å². The van der Waals surface area contributed by atoms with Crippen molar-refractivity contribution >= 4 is 26.7 Å². The van der Waals surface area contributed by atoms with E-state index >= 15 is 8.78 Å². The number of carboxylic acid groups (broad SMARTS) is 1. The molecule has 4 bridgehead atoms. The van der Waals surface area contributed by atoms with Crippen LogP contribution in [-0.4, -0.2) is 50.7 Å². The lowest BCUT2D eigenvalue weighted by molar-refractivity contribution is -0.141. The van der Waals surface area contributed by atoms with Crippen LogP contribution >= 0.6 is 0 Å². The van der Waals surface area contributed by atoms with Crippen molar-refractivity contribution < 1.29 is 31.8 Å². The standard InChI is InChI=1S/C38H42F2N4O5S/c1-23(35(45)46)18-24-8-6-9-25(19-24)38(4)15-7-14-37(2,3)22-50(47,48)17-13-28-27-12-16-41-32(27)21-31(40)33(28)49-26-10-11-30(39)29(20-26)34-42-36(38)43-44(34)5/h6,8-12,16,19-21,23,41H,7,13-15,17-18,22H2,1-5H3,(H,45,46). The predicted octanol–water partition coefficient (Wildman–Crippen LogP) is 7.77. The normalized spacial score (nSPS) is 19.9. The van der Waals surface area contributed by atoms with E-state index in [1.54, 1.807) is 26.2 Å². The summed E-state index contributed by atoms with van der Waals surface area (Å²) in [5, 5.41) is 15.0. The molecule has 0 radical (unpaired) electrons. The Kier molecular flexibility index (Phi) is 9.36. The van der Waals surface area contributed by atoms with Gasteiger partial charge in [-0.3, -0.25) is 4.79 Å². The quantitative estimate of drug-likeness (QED) is 0.196. The zero-order valence-electron chi connectivity index (χ0n) is 28.9. The molecule has 0 aliphatic carbocycles. The van der Waals surface area contributed by atoms with Crippen molar-refractivity contribution in [3.63, 3.8) is 0 Å². The maximum atomic E-state index is 15.7. The Morgan fingerprint density at radius 1 is 1.08 bits per heavy atom. The van der Waals surface area contributed by atoms with Gasteiger partial charge >= 0.3 is 5.97 Å². The lowest BCUT2D eigenvalue weighted by atomic mass is 9.75. The van der Waals surface area contributed by atoms with Gasteiger partial charge in [-0.2, -0.15) is 5.10 Å². The number of ether oxygens (including phenoxy) is 1. The molecule has 2 unspecified atom stereocenters. The minimum absolute atomic E-state index is 0.0233. The molecule has 9 nitrogen and oxygen atoms in total. The number of carbonyl (C=O) groups is 1. The average Bonchev–Trinajstić information content (AvgIpc) is 3.67. The van der Waals surface area contributed by atoms with Crippen molar-refractivity contribution in [3.8, 4) is 22.9 Å². The summed E-state index contributed by atoms with van der Waals surface area (Å²) in [5.74, 6) is -2.28. The van der Waals surface area contributed by atoms with Gasteiger partial charge in [0.05, 0.1) is 28.4 Å². The van der Waals surface area contributed by atoms with Crippen molar-refractivity contribution in [2.45, 2.75) is 65.2 Å². The molecule has 0 spiro atoms. The molecule has 0 saturated heterocycles. The second-order valence-corrected chi connectivity index (χ2v) is 16.8. The summed E-state index contributed by atoms with van der Waals surface area (Å²) in [6.07, 6.45) is 3.76. The van der Waals surface area contributed by atoms with Gasteiger partial charge in [0.1, 0.15) is 11.6 Å². The highest BCUT2D eigenvalue weighted by atomic mass is 32.2. The van der Waals surface area contributed by atoms with Gasteiger partial charge < -0.3 is 14.8 Å². The van der Waals surface area contributed by atoms with Crippen LogP contribution in [0.2, 0.25) is 0 Å². The number of halogens is 2. The Balaban J connectivity index is 1.50. The Bertz CT molecular complexity index is 2190. The van der Waals surface area contributed by atoms with E-state index in [1.165, 1.54) is 28.9 Å². The number of aliphatic carboxylic acids is 1. The molecule has 5 aromatic rings. The van der Waals surface area contributed by atoms with E-state index in [0.717, 1.165) is 11.1 Å². The Labute approximate surface area is 290 Å². The van der Waals surface area contributed by atoms with Gasteiger partial charge in [0, 0.05) is 35.8 Å². The first kappa shape index (κ1) is 35.3. The molecule has 264 valence electrons. The lowest BCUT2D eigenvalue weighted by Crippen LogP contribution is -2.29. The number of aromatic nitrogens is 4. The molecule has 1 aliphatic heterocycles. The van der Waals surface area contributed by atoms with Gasteiger partial charge in [0.15, 0.2) is 33.1 Å². The summed E-state index contributed by atoms with van der Waals surface area (Å²) in [7, 11) is -1.92. The largest absolute Gasteiger partial charge is 0.481 e. The molecular formula is C38H42F2N4O5S. The number of rotatable bonds is 4. The van der Waals surface area contributed by atoms with Crippen molar-refractivity contribution in [2.24, 2.45) is 18.4 Å². The molecule has 0 amide bonds. The Morgan fingerprint density at radius 2 is 1.86 bits per heavy atom. The SMILES string of the molecule is CC(Cc1cccc(C2(C)CCCC(C)(C)CS(=O)(=O)CCc3c(c(F)cc4[nH]ccc34)Oc3ccc(F)c(c3)-c3nc2nn3C)c1)C(=O)O. The third-order valence-corrected chi connectivity index (χ3v) is 11.9. The monoisotopic (exact) mass is 704 g/mol. The van der Waals surface area contributed by atoms with E-state index in [4.69, 9.17) is 14.8 Å². The van der Waals surface area contributed by atoms with Crippen LogP contribution in [-0.2, 0) is 39.9 Å². The minimum Gasteiger partial charge on any atom is -0.481 e. The first-order valence-corrected chi connectivity index (χ1v) is 18.6. The fraction of sp³-hybridized carbons (Fsp3) is 0.395. The molecule has 50 heavy (non-hydrogen) atoms. The van der Waals surface area contributed by atoms with E-state index < -0.39 is 44.2 Å². The maximum Gasteiger partial charge on any atom is 0.306 e. The maximum absolute atomic E-state index is 15.7. The molecule has 3 aromatic carbocycles. The second kappa shape index (κ2) is 13.3. The van der Waals surface area contributed by atoms with Gasteiger partial charge in [0.25, 0.3) is 0 Å². The smallest absolute Gasteiger partial charge is 0.306 e. The minimum atomic E-state index is -3.59. The zero-order valence-corrected chi connectivity index (χ0v) is 29.7. The van der Waals surface area contributed by atoms with Gasteiger partial charge in [0.2, 0.25) is 0 Å². The molecule has 2 aromatic heterocycles. The van der Waals surface area contributed by atoms with E-state index in [-0.39, 0.29) is 40.8 Å². The molecule has 1 aliphatic rings. The number of hydrogen-bond acceptors (Lipinski definition) is 6. The average molecular weight is 705 g/mol. The second-order valence-electron chi connectivity index (χ2n) is 14.6. The van der Waals surface area contributed by atoms with Crippen LogP contribution in [0.1, 0.15) is 69.5 Å². The predicted molar refractivity (Wildman–Crippen MR) is 188 cm³/mol. The third-order valence-electron chi connectivity index (χ3n) is 9.85. The molecule has 6 rings (SSSR count). The number of sulfone groups is 1. The highest BCUT2D eigenvalue weighted by Crippen LogP contribution is 2.41. The van der Waals surface area contributed by atoms with Crippen molar-refractivity contribution in [2.75, 3.05) is 11.5 Å². The number of nitrogens with zero attached hydrogens (tertiary/aromatic N) is 3. The molecule has 3 heterocycles. The van der Waals surface area contributed by atoms with Crippen molar-refractivity contribution in [3.05, 3.63) is 94.9 Å². The van der Waals surface area contributed by atoms with Crippen LogP contribution in [0.4, 0.5) is 8.78 Å². The van der Waals surface area contributed by atoms with Crippen molar-refractivity contribution in [1.82, 2.24) is 19.7 Å². The van der Waals surface area contributed by atoms with E-state index in [9.17, 15) is 18.3 Å². The topological polar surface area (TPSA) is 127 Å². The number of aromatic amines is 1. The fourth-order valence-electron chi connectivity index (χ4n) is 7.08. The molecule has 2 atom stereocenters. The summed E-state index contributed by atoms with van der Waals surface area (Å²) >= 11 is 0. The lowest BCUT2D eigenvalue weighted by Gasteiger charge is -2.31. The third kappa shape index (κ3) is 7.17. The number of hydrogen-bond donors (Lipinski definition) is 2. The first-order chi connectivity index (χ1) is 23.5. The summed E-state index contributed by atoms with van der Waals surface area (Å²) in [6, 6.07) is 14.8. The Hall–Kier alpha value is -4.58. The first-order valence-electron chi connectivity index (χ1n) is 16.8. The van der Waals surface area contributed by atoms with Gasteiger partial charge in [-0.05, 0) is 73.4 Å². The molecule has 0 saturated carbocycles. The Morgan fingerprint density at radius 3 is 2.62 bits per heavy atom. The van der Waals surface area contributed by atoms with Gasteiger partial charge in [-0.25, -0.2) is 26.9 Å². The number of fused-ring (bicyclic) bond motifs is 8. The van der Waals surface area contributed by atoms with Crippen LogP contribution in [0, 0.1) is 23.0 Å². The molecular weight excluding hydrogens is 663 g/mol. The summed E-state index contributed by atoms with van der Waals surface area (Å²) in [5.41, 5.74) is 1.36. The van der Waals surface area contributed by atoms with Crippen LogP contribution in [0.15, 0.2) is 60.8 Å². The highest BCUT2D eigenvalue weighted by molar-refractivity contribution is 7.91. The number of benzene rings is 3. The molecule has 2 N–H and O–H groups in total. The number of nitrogens with one attached hydrogen (secondary N) is 1. The fourth-order valence-corrected chi connectivity index (χ4v) is 9.07. The highest BCUT2D eigenvalue weighted by Gasteiger charge is 2.36. The molecule has 0 fully saturated rings. The molecule has 12 heteroatoms. The number of H-pyrrole nitrogens is 1. The number of carboxylic acids is 1. The zero-order chi connectivity index (χ0) is 36.0. The van der Waals surface area contributed by atoms with E-state index in [0.29, 0.717) is 48.0 Å². The van der Waals surface area contributed by atoms with Gasteiger partial charge in [-0.1, -0.05) is 51.5 Å². The van der Waals surface area contributed by atoms with E-state index in [2.05, 4.69) is 4.98 Å². The van der Waals surface area contributed by atoms with Crippen LogP contribution in [0.25, 0.3) is 22.3 Å². The van der Waals surface area contributed by atoms with Crippen LogP contribution in [0.5, 0.6) is 11.5 Å². The van der Waals surface area contributed by atoms with Crippen LogP contribution in [0.3, 0.4) is 0 Å². The summed E-state index contributed by atoms with van der Waals surface area (Å²) < 4.78 is 66.1. The van der Waals surface area contributed by atoms with Gasteiger partial charge in [-0.15, -0.1) is 0 Å². The van der Waals surface area contributed by atoms with Crippen LogP contribution < -0.4 is 4.74 Å². The van der Waals surface area contributed by atoms with E-state index in [1.807, 2.05) is 45.0 Å². The summed E-state index contributed by atoms with van der Waals surface area (Å²) in [6.45, 7) is 7.53. The summed E-state index contributed by atoms with van der Waals surface area (Å²) in [4.78, 5) is 19.5.